The Morgan fingerprint density at radius 1 is 1.43 bits per heavy atom. The third kappa shape index (κ3) is 3.37. The van der Waals surface area contributed by atoms with Gasteiger partial charge in [-0.1, -0.05) is 11.3 Å². The quantitative estimate of drug-likeness (QED) is 0.777. The zero-order valence-electron chi connectivity index (χ0n) is 10.9. The first kappa shape index (κ1) is 13.6. The molecule has 0 atom stereocenters. The van der Waals surface area contributed by atoms with Gasteiger partial charge in [0.15, 0.2) is 5.13 Å². The number of aromatic nitrogens is 5. The summed E-state index contributed by atoms with van der Waals surface area (Å²) in [6, 6.07) is 4.34. The van der Waals surface area contributed by atoms with Gasteiger partial charge in [0.05, 0.1) is 10.2 Å². The molecule has 0 spiro atoms. The van der Waals surface area contributed by atoms with Gasteiger partial charge < -0.3 is 5.32 Å². The second-order valence-corrected chi connectivity index (χ2v) is 5.39. The lowest BCUT2D eigenvalue weighted by Crippen LogP contribution is -2.12. The molecule has 2 heterocycles. The number of hydrogen-bond donors (Lipinski definition) is 1. The first-order valence-electron chi connectivity index (χ1n) is 6.27. The summed E-state index contributed by atoms with van der Waals surface area (Å²) in [5, 5.41) is 13.9. The monoisotopic (exact) mass is 306 g/mol. The van der Waals surface area contributed by atoms with Crippen LogP contribution < -0.4 is 5.32 Å². The number of aryl methyl sites for hydroxylation is 1. The van der Waals surface area contributed by atoms with Crippen molar-refractivity contribution in [1.29, 1.82) is 0 Å². The average molecular weight is 306 g/mol. The number of nitrogens with zero attached hydrogens (tertiary/aromatic N) is 5. The minimum Gasteiger partial charge on any atom is -0.302 e. The van der Waals surface area contributed by atoms with Crippen molar-refractivity contribution in [2.24, 2.45) is 0 Å². The number of carbonyl (C=O) groups excluding carboxylic acids is 1. The molecule has 0 fully saturated rings. The molecule has 3 aromatic rings. The summed E-state index contributed by atoms with van der Waals surface area (Å²) in [6.45, 7) is 0.575. The number of anilines is 1. The molecule has 7 nitrogen and oxygen atoms in total. The number of hydrogen-bond acceptors (Lipinski definition) is 6. The number of thiazole rings is 1. The van der Waals surface area contributed by atoms with E-state index in [1.54, 1.807) is 10.7 Å². The lowest BCUT2D eigenvalue weighted by atomic mass is 10.3. The third-order valence-electron chi connectivity index (χ3n) is 2.78. The Labute approximate surface area is 122 Å². The van der Waals surface area contributed by atoms with Gasteiger partial charge in [-0.3, -0.25) is 4.79 Å². The molecule has 0 saturated carbocycles. The number of rotatable bonds is 5. The van der Waals surface area contributed by atoms with Gasteiger partial charge in [-0.15, -0.1) is 5.10 Å². The van der Waals surface area contributed by atoms with Crippen molar-refractivity contribution in [3.8, 4) is 0 Å². The number of carbonyl (C=O) groups is 1. The minimum absolute atomic E-state index is 0.136. The van der Waals surface area contributed by atoms with Gasteiger partial charge >= 0.3 is 0 Å². The fourth-order valence-corrected chi connectivity index (χ4v) is 2.72. The number of nitrogens with one attached hydrogen (secondary N) is 1. The van der Waals surface area contributed by atoms with Crippen molar-refractivity contribution < 1.29 is 9.18 Å². The molecule has 2 aromatic heterocycles. The summed E-state index contributed by atoms with van der Waals surface area (Å²) in [4.78, 5) is 16.0. The minimum atomic E-state index is -0.314. The van der Waals surface area contributed by atoms with Crippen LogP contribution in [0.1, 0.15) is 12.8 Å². The van der Waals surface area contributed by atoms with Gasteiger partial charge in [-0.05, 0) is 35.0 Å². The summed E-state index contributed by atoms with van der Waals surface area (Å²) in [7, 11) is 0. The number of tetrazole rings is 1. The fraction of sp³-hybridized carbons (Fsp3) is 0.250. The maximum Gasteiger partial charge on any atom is 0.226 e. The third-order valence-corrected chi connectivity index (χ3v) is 3.71. The van der Waals surface area contributed by atoms with Crippen molar-refractivity contribution in [1.82, 2.24) is 25.2 Å². The molecule has 0 bridgehead atoms. The summed E-state index contributed by atoms with van der Waals surface area (Å²) >= 11 is 1.25. The van der Waals surface area contributed by atoms with Gasteiger partial charge in [0, 0.05) is 13.0 Å². The molecule has 0 aliphatic rings. The first-order valence-corrected chi connectivity index (χ1v) is 7.09. The SMILES string of the molecule is O=C(CCCn1cnnn1)Nc1nc2ccc(F)cc2s1. The number of halogens is 1. The Morgan fingerprint density at radius 2 is 2.33 bits per heavy atom. The van der Waals surface area contributed by atoms with E-state index in [-0.39, 0.29) is 11.7 Å². The molecule has 0 saturated heterocycles. The van der Waals surface area contributed by atoms with Crippen LogP contribution >= 0.6 is 11.3 Å². The molecule has 1 aromatic carbocycles. The van der Waals surface area contributed by atoms with Crippen LogP contribution in [0.3, 0.4) is 0 Å². The molecule has 3 rings (SSSR count). The second kappa shape index (κ2) is 5.92. The average Bonchev–Trinajstić information content (AvgIpc) is 3.07. The summed E-state index contributed by atoms with van der Waals surface area (Å²) < 4.78 is 15.4. The standard InChI is InChI=1S/C12H11FN6OS/c13-8-3-4-9-10(6-8)21-12(15-9)16-11(20)2-1-5-19-7-14-17-18-19/h3-4,6-7H,1-2,5H2,(H,15,16,20). The normalized spacial score (nSPS) is 10.9. The Morgan fingerprint density at radius 3 is 3.14 bits per heavy atom. The highest BCUT2D eigenvalue weighted by atomic mass is 32.1. The highest BCUT2D eigenvalue weighted by Gasteiger charge is 2.08. The maximum atomic E-state index is 13.1. The van der Waals surface area contributed by atoms with Crippen LogP contribution in [0.25, 0.3) is 10.2 Å². The van der Waals surface area contributed by atoms with Crippen molar-refractivity contribution >= 4 is 32.6 Å². The van der Waals surface area contributed by atoms with Crippen LogP contribution in [0.15, 0.2) is 24.5 Å². The molecule has 1 amide bonds. The highest BCUT2D eigenvalue weighted by Crippen LogP contribution is 2.26. The molecule has 9 heteroatoms. The predicted molar refractivity (Wildman–Crippen MR) is 75.3 cm³/mol. The van der Waals surface area contributed by atoms with Crippen LogP contribution in [0, 0.1) is 5.82 Å². The summed E-state index contributed by atoms with van der Waals surface area (Å²) in [6.07, 6.45) is 2.46. The fourth-order valence-electron chi connectivity index (χ4n) is 1.82. The van der Waals surface area contributed by atoms with Crippen molar-refractivity contribution in [2.75, 3.05) is 5.32 Å². The first-order chi connectivity index (χ1) is 10.2. The van der Waals surface area contributed by atoms with E-state index in [1.165, 1.54) is 29.8 Å². The van der Waals surface area contributed by atoms with E-state index >= 15 is 0 Å². The largest absolute Gasteiger partial charge is 0.302 e. The second-order valence-electron chi connectivity index (χ2n) is 4.36. The number of benzene rings is 1. The zero-order chi connectivity index (χ0) is 14.7. The Balaban J connectivity index is 1.55. The maximum absolute atomic E-state index is 13.1. The topological polar surface area (TPSA) is 85.6 Å². The number of amides is 1. The van der Waals surface area contributed by atoms with Crippen LogP contribution in [0.5, 0.6) is 0 Å². The van der Waals surface area contributed by atoms with E-state index < -0.39 is 0 Å². The Hall–Kier alpha value is -2.42. The van der Waals surface area contributed by atoms with Gasteiger partial charge in [0.1, 0.15) is 12.1 Å². The van der Waals surface area contributed by atoms with Crippen molar-refractivity contribution in [2.45, 2.75) is 19.4 Å². The van der Waals surface area contributed by atoms with Crippen LogP contribution in [-0.2, 0) is 11.3 Å². The lowest BCUT2D eigenvalue weighted by Gasteiger charge is -2.01. The Kier molecular flexibility index (Phi) is 3.82. The molecule has 1 N–H and O–H groups in total. The highest BCUT2D eigenvalue weighted by molar-refractivity contribution is 7.22. The van der Waals surface area contributed by atoms with Crippen LogP contribution in [-0.4, -0.2) is 31.1 Å². The molecule has 0 aliphatic carbocycles. The van der Waals surface area contributed by atoms with E-state index in [0.717, 1.165) is 0 Å². The molecule has 0 aliphatic heterocycles. The van der Waals surface area contributed by atoms with Crippen molar-refractivity contribution in [3.05, 3.63) is 30.3 Å². The molecule has 0 radical (unpaired) electrons. The lowest BCUT2D eigenvalue weighted by molar-refractivity contribution is -0.116. The van der Waals surface area contributed by atoms with Crippen molar-refractivity contribution in [3.63, 3.8) is 0 Å². The van der Waals surface area contributed by atoms with Crippen LogP contribution in [0.4, 0.5) is 9.52 Å². The zero-order valence-corrected chi connectivity index (χ0v) is 11.7. The molecular weight excluding hydrogens is 295 g/mol. The Bertz CT molecular complexity index is 756. The van der Waals surface area contributed by atoms with Gasteiger partial charge in [-0.2, -0.15) is 0 Å². The predicted octanol–water partition coefficient (Wildman–Crippen LogP) is 1.84. The van der Waals surface area contributed by atoms with E-state index in [2.05, 4.69) is 25.8 Å². The molecular formula is C12H11FN6OS. The van der Waals surface area contributed by atoms with Gasteiger partial charge in [0.2, 0.25) is 5.91 Å². The smallest absolute Gasteiger partial charge is 0.226 e. The van der Waals surface area contributed by atoms with Gasteiger partial charge in [0.25, 0.3) is 0 Å². The number of fused-ring (bicyclic) bond motifs is 1. The molecule has 21 heavy (non-hydrogen) atoms. The van der Waals surface area contributed by atoms with E-state index in [4.69, 9.17) is 0 Å². The summed E-state index contributed by atoms with van der Waals surface area (Å²) in [5.41, 5.74) is 0.672. The molecule has 0 unspecified atom stereocenters. The van der Waals surface area contributed by atoms with E-state index in [0.29, 0.717) is 34.7 Å². The van der Waals surface area contributed by atoms with Gasteiger partial charge in [-0.25, -0.2) is 14.1 Å². The molecule has 108 valence electrons. The van der Waals surface area contributed by atoms with Crippen LogP contribution in [0.2, 0.25) is 0 Å². The van der Waals surface area contributed by atoms with E-state index in [9.17, 15) is 9.18 Å². The van der Waals surface area contributed by atoms with E-state index in [1.807, 2.05) is 0 Å². The summed E-state index contributed by atoms with van der Waals surface area (Å²) in [5.74, 6) is -0.451.